The van der Waals surface area contributed by atoms with E-state index in [1.54, 1.807) is 0 Å². The summed E-state index contributed by atoms with van der Waals surface area (Å²) in [6.07, 6.45) is 3.33. The molecule has 0 aliphatic heterocycles. The summed E-state index contributed by atoms with van der Waals surface area (Å²) >= 11 is 3.05. The molecule has 3 rings (SSSR count). The number of nitrogens with zero attached hydrogens (tertiary/aromatic N) is 1. The lowest BCUT2D eigenvalue weighted by Crippen LogP contribution is -2.40. The van der Waals surface area contributed by atoms with Crippen molar-refractivity contribution in [2.45, 2.75) is 31.7 Å². The molecule has 1 saturated carbocycles. The van der Waals surface area contributed by atoms with Crippen LogP contribution in [0.5, 0.6) is 0 Å². The first kappa shape index (κ1) is 21.9. The minimum Gasteiger partial charge on any atom is -0.354 e. The number of carbonyl (C=O) groups is 3. The average Bonchev–Trinajstić information content (AvgIpc) is 3.20. The Labute approximate surface area is 179 Å². The van der Waals surface area contributed by atoms with Crippen LogP contribution >= 0.6 is 15.9 Å². The maximum absolute atomic E-state index is 13.9. The second-order valence-electron chi connectivity index (χ2n) is 6.96. The van der Waals surface area contributed by atoms with E-state index in [2.05, 4.69) is 41.8 Å². The van der Waals surface area contributed by atoms with E-state index in [0.29, 0.717) is 31.7 Å². The molecule has 0 spiro atoms. The van der Waals surface area contributed by atoms with Gasteiger partial charge in [0.2, 0.25) is 5.91 Å². The van der Waals surface area contributed by atoms with Crippen molar-refractivity contribution in [3.05, 3.63) is 46.0 Å². The number of anilines is 1. The number of rotatable bonds is 5. The van der Waals surface area contributed by atoms with Gasteiger partial charge in [-0.25, -0.2) is 13.8 Å². The maximum atomic E-state index is 13.9. The highest BCUT2D eigenvalue weighted by atomic mass is 79.9. The molecule has 0 bridgehead atoms. The van der Waals surface area contributed by atoms with E-state index in [4.69, 9.17) is 0 Å². The van der Waals surface area contributed by atoms with E-state index < -0.39 is 23.4 Å². The van der Waals surface area contributed by atoms with Crippen LogP contribution in [0.4, 0.5) is 14.5 Å². The predicted octanol–water partition coefficient (Wildman–Crippen LogP) is 2.74. The van der Waals surface area contributed by atoms with Crippen molar-refractivity contribution in [3.8, 4) is 0 Å². The summed E-state index contributed by atoms with van der Waals surface area (Å²) in [4.78, 5) is 43.2. The van der Waals surface area contributed by atoms with Gasteiger partial charge in [0.05, 0.1) is 12.0 Å². The zero-order valence-corrected chi connectivity index (χ0v) is 17.6. The predicted molar refractivity (Wildman–Crippen MR) is 108 cm³/mol. The number of aromatic nitrogens is 2. The topological polar surface area (TPSA) is 116 Å². The minimum atomic E-state index is -0.859. The van der Waals surface area contributed by atoms with Gasteiger partial charge < -0.3 is 20.9 Å². The standard InChI is InChI=1S/C19H20BrF2N5O3/c1-23-18(29)15-16(25-8-24-15)19(30)26-11-4-2-9(3-5-11)17(28)27-14-12(20)6-10(21)7-13(14)22/h6-9,11H,2-5H2,1H3,(H,23,29)(H,24,25)(H,26,30)(H,27,28)/t9-,11-. The van der Waals surface area contributed by atoms with Gasteiger partial charge in [0.1, 0.15) is 11.5 Å². The van der Waals surface area contributed by atoms with Crippen LogP contribution in [0.15, 0.2) is 22.9 Å². The molecule has 3 amide bonds. The Balaban J connectivity index is 1.55. The molecule has 160 valence electrons. The van der Waals surface area contributed by atoms with Crippen molar-refractivity contribution < 1.29 is 23.2 Å². The Hall–Kier alpha value is -2.82. The van der Waals surface area contributed by atoms with Gasteiger partial charge in [-0.1, -0.05) is 0 Å². The third kappa shape index (κ3) is 4.84. The van der Waals surface area contributed by atoms with Crippen LogP contribution < -0.4 is 16.0 Å². The normalized spacial score (nSPS) is 18.5. The number of nitrogens with one attached hydrogen (secondary N) is 4. The molecule has 0 radical (unpaired) electrons. The number of hydrogen-bond acceptors (Lipinski definition) is 4. The minimum absolute atomic E-state index is 0.00923. The number of imidazole rings is 1. The number of carbonyl (C=O) groups excluding carboxylic acids is 3. The largest absolute Gasteiger partial charge is 0.354 e. The molecule has 1 fully saturated rings. The third-order valence-electron chi connectivity index (χ3n) is 5.00. The van der Waals surface area contributed by atoms with Gasteiger partial charge in [-0.15, -0.1) is 0 Å². The summed E-state index contributed by atoms with van der Waals surface area (Å²) in [6.45, 7) is 0. The van der Waals surface area contributed by atoms with Crippen LogP contribution in [0.3, 0.4) is 0 Å². The first-order valence-electron chi connectivity index (χ1n) is 9.31. The van der Waals surface area contributed by atoms with E-state index in [-0.39, 0.29) is 39.4 Å². The summed E-state index contributed by atoms with van der Waals surface area (Å²) < 4.78 is 27.2. The number of hydrogen-bond donors (Lipinski definition) is 4. The number of aromatic amines is 1. The smallest absolute Gasteiger partial charge is 0.272 e. The molecule has 0 atom stereocenters. The molecule has 2 aromatic rings. The summed E-state index contributed by atoms with van der Waals surface area (Å²) in [6, 6.07) is 1.61. The summed E-state index contributed by atoms with van der Waals surface area (Å²) in [5.74, 6) is -3.24. The molecular formula is C19H20BrF2N5O3. The molecule has 1 heterocycles. The van der Waals surface area contributed by atoms with E-state index >= 15 is 0 Å². The molecule has 30 heavy (non-hydrogen) atoms. The van der Waals surface area contributed by atoms with Crippen molar-refractivity contribution in [2.24, 2.45) is 5.92 Å². The number of amides is 3. The lowest BCUT2D eigenvalue weighted by molar-refractivity contribution is -0.120. The number of benzene rings is 1. The van der Waals surface area contributed by atoms with E-state index in [1.165, 1.54) is 13.4 Å². The molecule has 11 heteroatoms. The van der Waals surface area contributed by atoms with E-state index in [0.717, 1.165) is 6.07 Å². The van der Waals surface area contributed by atoms with Gasteiger partial charge >= 0.3 is 0 Å². The Morgan fingerprint density at radius 1 is 1.13 bits per heavy atom. The zero-order chi connectivity index (χ0) is 21.8. The molecule has 0 saturated heterocycles. The molecular weight excluding hydrogens is 464 g/mol. The van der Waals surface area contributed by atoms with Crippen LogP contribution in [0.1, 0.15) is 46.7 Å². The highest BCUT2D eigenvalue weighted by Crippen LogP contribution is 2.30. The van der Waals surface area contributed by atoms with E-state index in [9.17, 15) is 23.2 Å². The lowest BCUT2D eigenvalue weighted by atomic mass is 9.85. The molecule has 1 aromatic heterocycles. The Kier molecular flexibility index (Phi) is 6.80. The Morgan fingerprint density at radius 2 is 1.83 bits per heavy atom. The van der Waals surface area contributed by atoms with Gasteiger partial charge in [0.25, 0.3) is 11.8 Å². The molecule has 1 aliphatic rings. The fourth-order valence-electron chi connectivity index (χ4n) is 3.40. The fourth-order valence-corrected chi connectivity index (χ4v) is 3.91. The average molecular weight is 484 g/mol. The quantitative estimate of drug-likeness (QED) is 0.523. The highest BCUT2D eigenvalue weighted by Gasteiger charge is 2.29. The Bertz CT molecular complexity index is 950. The lowest BCUT2D eigenvalue weighted by Gasteiger charge is -2.28. The van der Waals surface area contributed by atoms with Crippen molar-refractivity contribution in [2.75, 3.05) is 12.4 Å². The Morgan fingerprint density at radius 3 is 2.47 bits per heavy atom. The van der Waals surface area contributed by atoms with Crippen molar-refractivity contribution in [1.29, 1.82) is 0 Å². The number of H-pyrrole nitrogens is 1. The fraction of sp³-hybridized carbons (Fsp3) is 0.368. The summed E-state index contributed by atoms with van der Waals surface area (Å²) in [7, 11) is 1.45. The summed E-state index contributed by atoms with van der Waals surface area (Å²) in [5.41, 5.74) is -0.0152. The third-order valence-corrected chi connectivity index (χ3v) is 5.62. The second kappa shape index (κ2) is 9.33. The van der Waals surface area contributed by atoms with Crippen LogP contribution in [0.25, 0.3) is 0 Å². The van der Waals surface area contributed by atoms with Crippen LogP contribution in [0.2, 0.25) is 0 Å². The van der Waals surface area contributed by atoms with Crippen LogP contribution in [-0.4, -0.2) is 40.8 Å². The van der Waals surface area contributed by atoms with Crippen molar-refractivity contribution in [1.82, 2.24) is 20.6 Å². The monoisotopic (exact) mass is 483 g/mol. The zero-order valence-electron chi connectivity index (χ0n) is 16.0. The molecule has 8 nitrogen and oxygen atoms in total. The van der Waals surface area contributed by atoms with Gasteiger partial charge in [0, 0.05) is 29.5 Å². The molecule has 1 aromatic carbocycles. The van der Waals surface area contributed by atoms with Crippen LogP contribution in [-0.2, 0) is 4.79 Å². The SMILES string of the molecule is CNC(=O)c1nc[nH]c1C(=O)N[C@H]1CC[C@H](C(=O)Nc2c(F)cc(F)cc2Br)CC1. The first-order chi connectivity index (χ1) is 14.3. The maximum Gasteiger partial charge on any atom is 0.272 e. The van der Waals surface area contributed by atoms with Gasteiger partial charge in [-0.2, -0.15) is 0 Å². The van der Waals surface area contributed by atoms with Gasteiger partial charge in [0.15, 0.2) is 11.5 Å². The van der Waals surface area contributed by atoms with E-state index in [1.807, 2.05) is 0 Å². The van der Waals surface area contributed by atoms with Gasteiger partial charge in [-0.3, -0.25) is 14.4 Å². The molecule has 1 aliphatic carbocycles. The van der Waals surface area contributed by atoms with Gasteiger partial charge in [-0.05, 0) is 47.7 Å². The van der Waals surface area contributed by atoms with Crippen molar-refractivity contribution >= 4 is 39.3 Å². The molecule has 4 N–H and O–H groups in total. The van der Waals surface area contributed by atoms with Crippen molar-refractivity contribution in [3.63, 3.8) is 0 Å². The molecule has 0 unspecified atom stereocenters. The number of halogens is 3. The van der Waals surface area contributed by atoms with Crippen LogP contribution in [0, 0.1) is 17.6 Å². The summed E-state index contributed by atoms with van der Waals surface area (Å²) in [5, 5.41) is 7.77. The highest BCUT2D eigenvalue weighted by molar-refractivity contribution is 9.10. The first-order valence-corrected chi connectivity index (χ1v) is 10.1. The second-order valence-corrected chi connectivity index (χ2v) is 7.82.